The van der Waals surface area contributed by atoms with Crippen molar-refractivity contribution in [3.8, 4) is 5.75 Å². The first-order valence-corrected chi connectivity index (χ1v) is 7.31. The normalized spacial score (nSPS) is 12.4. The Morgan fingerprint density at radius 3 is 2.64 bits per heavy atom. The van der Waals surface area contributed by atoms with Gasteiger partial charge in [-0.2, -0.15) is 4.39 Å². The van der Waals surface area contributed by atoms with Gasteiger partial charge in [-0.05, 0) is 47.3 Å². The molecule has 0 amide bonds. The molecule has 1 atom stereocenters. The highest BCUT2D eigenvalue weighted by molar-refractivity contribution is 9.10. The van der Waals surface area contributed by atoms with Gasteiger partial charge in [0, 0.05) is 6.61 Å². The van der Waals surface area contributed by atoms with Crippen molar-refractivity contribution in [2.45, 2.75) is 25.4 Å². The van der Waals surface area contributed by atoms with Crippen LogP contribution < -0.4 is 4.74 Å². The Morgan fingerprint density at radius 1 is 1.23 bits per heavy atom. The first-order valence-electron chi connectivity index (χ1n) is 6.51. The molecule has 1 unspecified atom stereocenters. The average Bonchev–Trinajstić information content (AvgIpc) is 2.93. The summed E-state index contributed by atoms with van der Waals surface area (Å²) in [6.45, 7) is 0.00631. The van der Waals surface area contributed by atoms with E-state index in [4.69, 9.17) is 9.84 Å². The van der Waals surface area contributed by atoms with Crippen molar-refractivity contribution >= 4 is 15.9 Å². The minimum Gasteiger partial charge on any atom is -0.479 e. The van der Waals surface area contributed by atoms with Crippen molar-refractivity contribution in [3.63, 3.8) is 0 Å². The van der Waals surface area contributed by atoms with Crippen LogP contribution in [0.4, 0.5) is 13.2 Å². The van der Waals surface area contributed by atoms with E-state index in [0.29, 0.717) is 29.8 Å². The number of nitrogens with one attached hydrogen (secondary N) is 1. The highest BCUT2D eigenvalue weighted by atomic mass is 79.9. The van der Waals surface area contributed by atoms with Crippen molar-refractivity contribution in [1.29, 1.82) is 0 Å². The lowest BCUT2D eigenvalue weighted by atomic mass is 10.1. The summed E-state index contributed by atoms with van der Waals surface area (Å²) in [6.07, 6.45) is 0.755. The van der Waals surface area contributed by atoms with Crippen LogP contribution in [0.15, 0.2) is 16.9 Å². The van der Waals surface area contributed by atoms with Gasteiger partial charge in [-0.25, -0.2) is 13.8 Å². The number of rotatable bonds is 7. The number of aromatic nitrogens is 3. The summed E-state index contributed by atoms with van der Waals surface area (Å²) in [4.78, 5) is 4.03. The molecule has 1 aromatic carbocycles. The molecular weight excluding hydrogens is 367 g/mol. The van der Waals surface area contributed by atoms with Gasteiger partial charge in [0.25, 0.3) is 0 Å². The van der Waals surface area contributed by atoms with Crippen LogP contribution in [0.2, 0.25) is 0 Å². The summed E-state index contributed by atoms with van der Waals surface area (Å²) in [5.74, 6) is -4.38. The zero-order chi connectivity index (χ0) is 16.1. The maximum Gasteiger partial charge on any atom is 0.217 e. The second kappa shape index (κ2) is 7.59. The Kier molecular flexibility index (Phi) is 5.78. The molecule has 0 bridgehead atoms. The predicted molar refractivity (Wildman–Crippen MR) is 74.7 cm³/mol. The predicted octanol–water partition coefficient (Wildman–Crippen LogP) is 3.27. The van der Waals surface area contributed by atoms with E-state index in [1.165, 1.54) is 0 Å². The third kappa shape index (κ3) is 3.98. The van der Waals surface area contributed by atoms with E-state index >= 15 is 0 Å². The SMILES string of the molecule is OCCCCC(Oc1ccc(F)c(F)c1F)c1nc(Br)n[nH]1. The number of benzene rings is 1. The fraction of sp³-hybridized carbons (Fsp3) is 0.385. The summed E-state index contributed by atoms with van der Waals surface area (Å²) < 4.78 is 45.6. The van der Waals surface area contributed by atoms with E-state index < -0.39 is 29.3 Å². The van der Waals surface area contributed by atoms with Crippen LogP contribution in [0.25, 0.3) is 0 Å². The second-order valence-electron chi connectivity index (χ2n) is 4.49. The van der Waals surface area contributed by atoms with Crippen LogP contribution in [-0.2, 0) is 0 Å². The molecule has 0 aliphatic heterocycles. The lowest BCUT2D eigenvalue weighted by Crippen LogP contribution is -2.12. The van der Waals surface area contributed by atoms with Gasteiger partial charge in [-0.3, -0.25) is 5.10 Å². The van der Waals surface area contributed by atoms with Crippen LogP contribution in [0.1, 0.15) is 31.2 Å². The first-order chi connectivity index (χ1) is 10.5. The summed E-state index contributed by atoms with van der Waals surface area (Å²) >= 11 is 3.07. The number of halogens is 4. The molecule has 2 N–H and O–H groups in total. The molecule has 1 heterocycles. The van der Waals surface area contributed by atoms with Crippen molar-refractivity contribution < 1.29 is 23.0 Å². The molecule has 9 heteroatoms. The third-order valence-corrected chi connectivity index (χ3v) is 3.28. The fourth-order valence-corrected chi connectivity index (χ4v) is 2.12. The van der Waals surface area contributed by atoms with Crippen LogP contribution in [0.5, 0.6) is 5.75 Å². The molecule has 2 rings (SSSR count). The standard InChI is InChI=1S/C13H13BrF3N3O2/c14-13-18-12(19-20-13)9(3-1-2-6-21)22-8-5-4-7(15)10(16)11(8)17/h4-5,9,21H,1-3,6H2,(H,18,19,20). The number of H-pyrrole nitrogens is 1. The molecule has 1 aromatic heterocycles. The minimum absolute atomic E-state index is 0.00631. The highest BCUT2D eigenvalue weighted by Crippen LogP contribution is 2.29. The molecule has 22 heavy (non-hydrogen) atoms. The van der Waals surface area contributed by atoms with Gasteiger partial charge in [0.1, 0.15) is 0 Å². The lowest BCUT2D eigenvalue weighted by molar-refractivity contribution is 0.166. The molecule has 0 fully saturated rings. The maximum atomic E-state index is 13.7. The van der Waals surface area contributed by atoms with Gasteiger partial charge < -0.3 is 9.84 Å². The van der Waals surface area contributed by atoms with Crippen LogP contribution in [0, 0.1) is 17.5 Å². The number of hydrogen-bond donors (Lipinski definition) is 2. The number of hydrogen-bond acceptors (Lipinski definition) is 4. The van der Waals surface area contributed by atoms with E-state index in [1.54, 1.807) is 0 Å². The minimum atomic E-state index is -1.59. The van der Waals surface area contributed by atoms with Crippen LogP contribution in [0.3, 0.4) is 0 Å². The van der Waals surface area contributed by atoms with E-state index in [9.17, 15) is 13.2 Å². The molecule has 0 spiro atoms. The largest absolute Gasteiger partial charge is 0.479 e. The van der Waals surface area contributed by atoms with Crippen molar-refractivity contribution in [2.24, 2.45) is 0 Å². The van der Waals surface area contributed by atoms with E-state index in [1.807, 2.05) is 0 Å². The average molecular weight is 380 g/mol. The molecular formula is C13H13BrF3N3O2. The van der Waals surface area contributed by atoms with E-state index in [0.717, 1.165) is 12.1 Å². The number of aliphatic hydroxyl groups is 1. The summed E-state index contributed by atoms with van der Waals surface area (Å²) in [7, 11) is 0. The molecule has 5 nitrogen and oxygen atoms in total. The van der Waals surface area contributed by atoms with Gasteiger partial charge in [0.15, 0.2) is 29.3 Å². The smallest absolute Gasteiger partial charge is 0.217 e. The molecule has 2 aromatic rings. The fourth-order valence-electron chi connectivity index (χ4n) is 1.84. The third-order valence-electron chi connectivity index (χ3n) is 2.92. The molecule has 0 aliphatic carbocycles. The van der Waals surface area contributed by atoms with Gasteiger partial charge in [-0.15, -0.1) is 5.10 Å². The van der Waals surface area contributed by atoms with Gasteiger partial charge >= 0.3 is 0 Å². The van der Waals surface area contributed by atoms with Crippen molar-refractivity contribution in [3.05, 3.63) is 40.1 Å². The van der Waals surface area contributed by atoms with Gasteiger partial charge in [0.05, 0.1) is 0 Å². The lowest BCUT2D eigenvalue weighted by Gasteiger charge is -2.17. The van der Waals surface area contributed by atoms with Crippen molar-refractivity contribution in [1.82, 2.24) is 15.2 Å². The Morgan fingerprint density at radius 2 is 2.00 bits per heavy atom. The first kappa shape index (κ1) is 16.8. The molecule has 0 radical (unpaired) electrons. The highest BCUT2D eigenvalue weighted by Gasteiger charge is 2.22. The van der Waals surface area contributed by atoms with E-state index in [-0.39, 0.29) is 6.61 Å². The monoisotopic (exact) mass is 379 g/mol. The summed E-state index contributed by atoms with van der Waals surface area (Å²) in [5.41, 5.74) is 0. The number of unbranched alkanes of at least 4 members (excludes halogenated alkanes) is 1. The summed E-state index contributed by atoms with van der Waals surface area (Å²) in [6, 6.07) is 1.80. The van der Waals surface area contributed by atoms with Gasteiger partial charge in [-0.1, -0.05) is 0 Å². The number of ether oxygens (including phenoxy) is 1. The quantitative estimate of drug-likeness (QED) is 0.572. The van der Waals surface area contributed by atoms with Crippen LogP contribution >= 0.6 is 15.9 Å². The number of nitrogens with zero attached hydrogens (tertiary/aromatic N) is 2. The zero-order valence-electron chi connectivity index (χ0n) is 11.3. The zero-order valence-corrected chi connectivity index (χ0v) is 12.9. The topological polar surface area (TPSA) is 71.0 Å². The van der Waals surface area contributed by atoms with Crippen LogP contribution in [-0.4, -0.2) is 26.9 Å². The molecule has 0 aliphatic rings. The Hall–Kier alpha value is -1.61. The Balaban J connectivity index is 2.20. The molecule has 0 saturated heterocycles. The Labute approximate surface area is 132 Å². The number of aromatic amines is 1. The molecule has 120 valence electrons. The van der Waals surface area contributed by atoms with E-state index in [2.05, 4.69) is 31.1 Å². The molecule has 0 saturated carbocycles. The second-order valence-corrected chi connectivity index (χ2v) is 5.20. The maximum absolute atomic E-state index is 13.7. The Bertz CT molecular complexity index is 639. The number of aliphatic hydroxyl groups excluding tert-OH is 1. The summed E-state index contributed by atoms with van der Waals surface area (Å²) in [5, 5.41) is 15.2. The van der Waals surface area contributed by atoms with Gasteiger partial charge in [0.2, 0.25) is 10.6 Å². The van der Waals surface area contributed by atoms with Crippen molar-refractivity contribution in [2.75, 3.05) is 6.61 Å².